The van der Waals surface area contributed by atoms with Crippen LogP contribution in [0, 0.1) is 6.92 Å². The van der Waals surface area contributed by atoms with E-state index in [4.69, 9.17) is 9.15 Å². The summed E-state index contributed by atoms with van der Waals surface area (Å²) in [6.45, 7) is 1.71. The Morgan fingerprint density at radius 2 is 1.95 bits per heavy atom. The Labute approximate surface area is 136 Å². The van der Waals surface area contributed by atoms with Gasteiger partial charge >= 0.3 is 5.97 Å². The van der Waals surface area contributed by atoms with E-state index >= 15 is 0 Å². The highest BCUT2D eigenvalue weighted by molar-refractivity contribution is 9.10. The molecule has 0 saturated heterocycles. The minimum Gasteiger partial charge on any atom is -0.469 e. The van der Waals surface area contributed by atoms with Crippen molar-refractivity contribution >= 4 is 27.8 Å². The second-order valence-electron chi connectivity index (χ2n) is 4.75. The molecule has 0 bridgehead atoms. The van der Waals surface area contributed by atoms with Crippen molar-refractivity contribution < 1.29 is 18.7 Å². The minimum atomic E-state index is -0.470. The number of methoxy groups -OCH3 is 1. The molecule has 2 rings (SSSR count). The molecule has 1 atom stereocenters. The monoisotopic (exact) mass is 365 g/mol. The van der Waals surface area contributed by atoms with Crippen LogP contribution in [0.3, 0.4) is 0 Å². The van der Waals surface area contributed by atoms with Crippen LogP contribution < -0.4 is 5.32 Å². The summed E-state index contributed by atoms with van der Waals surface area (Å²) in [5.74, 6) is -0.148. The molecule has 0 aliphatic heterocycles. The second-order valence-corrected chi connectivity index (χ2v) is 5.66. The first-order valence-corrected chi connectivity index (χ1v) is 7.47. The predicted molar refractivity (Wildman–Crippen MR) is 84.4 cm³/mol. The highest BCUT2D eigenvalue weighted by atomic mass is 79.9. The highest BCUT2D eigenvalue weighted by Gasteiger charge is 2.21. The molecule has 2 aromatic rings. The molecule has 0 radical (unpaired) electrons. The van der Waals surface area contributed by atoms with Crippen molar-refractivity contribution in [3.05, 3.63) is 58.0 Å². The molecule has 1 unspecified atom stereocenters. The lowest BCUT2D eigenvalue weighted by atomic mass is 10.0. The molecule has 0 saturated carbocycles. The highest BCUT2D eigenvalue weighted by Crippen LogP contribution is 2.21. The number of esters is 1. The Morgan fingerprint density at radius 1 is 1.27 bits per heavy atom. The van der Waals surface area contributed by atoms with Gasteiger partial charge in [-0.2, -0.15) is 0 Å². The van der Waals surface area contributed by atoms with Crippen LogP contribution in [0.25, 0.3) is 0 Å². The predicted octanol–water partition coefficient (Wildman–Crippen LogP) is 3.38. The van der Waals surface area contributed by atoms with E-state index in [0.29, 0.717) is 11.3 Å². The van der Waals surface area contributed by atoms with Crippen LogP contribution in [0.4, 0.5) is 0 Å². The Hall–Kier alpha value is -2.08. The van der Waals surface area contributed by atoms with Crippen molar-refractivity contribution in [2.45, 2.75) is 19.4 Å². The largest absolute Gasteiger partial charge is 0.469 e. The van der Waals surface area contributed by atoms with Gasteiger partial charge in [0.15, 0.2) is 0 Å². The zero-order valence-electron chi connectivity index (χ0n) is 12.3. The van der Waals surface area contributed by atoms with E-state index in [9.17, 15) is 9.59 Å². The van der Waals surface area contributed by atoms with Crippen LogP contribution in [0.15, 0.2) is 45.5 Å². The zero-order chi connectivity index (χ0) is 16.1. The second kappa shape index (κ2) is 7.26. The number of hydrogen-bond acceptors (Lipinski definition) is 4. The maximum Gasteiger partial charge on any atom is 0.307 e. The van der Waals surface area contributed by atoms with Crippen molar-refractivity contribution in [1.29, 1.82) is 0 Å². The van der Waals surface area contributed by atoms with Gasteiger partial charge < -0.3 is 14.5 Å². The van der Waals surface area contributed by atoms with Gasteiger partial charge in [-0.15, -0.1) is 0 Å². The molecule has 1 aromatic heterocycles. The van der Waals surface area contributed by atoms with E-state index < -0.39 is 12.0 Å². The fourth-order valence-corrected chi connectivity index (χ4v) is 2.32. The van der Waals surface area contributed by atoms with Crippen LogP contribution in [-0.2, 0) is 9.53 Å². The van der Waals surface area contributed by atoms with Gasteiger partial charge in [0, 0.05) is 4.47 Å². The maximum absolute atomic E-state index is 12.3. The Balaban J connectivity index is 2.21. The lowest BCUT2D eigenvalue weighted by molar-refractivity contribution is -0.141. The van der Waals surface area contributed by atoms with E-state index in [1.807, 2.05) is 24.3 Å². The fourth-order valence-electron chi connectivity index (χ4n) is 2.05. The van der Waals surface area contributed by atoms with E-state index in [1.54, 1.807) is 13.0 Å². The summed E-state index contributed by atoms with van der Waals surface area (Å²) in [6.07, 6.45) is 1.51. The van der Waals surface area contributed by atoms with Crippen LogP contribution in [0.1, 0.15) is 34.1 Å². The van der Waals surface area contributed by atoms with Gasteiger partial charge in [0.2, 0.25) is 0 Å². The van der Waals surface area contributed by atoms with Gasteiger partial charge in [0.05, 0.1) is 31.4 Å². The van der Waals surface area contributed by atoms with E-state index in [-0.39, 0.29) is 12.3 Å². The zero-order valence-corrected chi connectivity index (χ0v) is 13.8. The van der Waals surface area contributed by atoms with Gasteiger partial charge in [-0.25, -0.2) is 0 Å². The van der Waals surface area contributed by atoms with Crippen molar-refractivity contribution in [3.63, 3.8) is 0 Å². The molecule has 1 aromatic carbocycles. The Kier molecular flexibility index (Phi) is 5.38. The SMILES string of the molecule is COC(=O)CC(NC(=O)c1ccoc1C)c1ccc(Br)cc1. The molecule has 22 heavy (non-hydrogen) atoms. The molecular formula is C16H16BrNO4. The number of benzene rings is 1. The number of ether oxygens (including phenoxy) is 1. The van der Waals surface area contributed by atoms with Crippen molar-refractivity contribution in [1.82, 2.24) is 5.32 Å². The molecule has 0 aliphatic rings. The quantitative estimate of drug-likeness (QED) is 0.824. The number of rotatable bonds is 5. The van der Waals surface area contributed by atoms with Gasteiger partial charge in [0.25, 0.3) is 5.91 Å². The molecular weight excluding hydrogens is 350 g/mol. The molecule has 0 spiro atoms. The van der Waals surface area contributed by atoms with Gasteiger partial charge in [-0.3, -0.25) is 9.59 Å². The van der Waals surface area contributed by atoms with E-state index in [2.05, 4.69) is 21.2 Å². The normalized spacial score (nSPS) is 11.8. The summed E-state index contributed by atoms with van der Waals surface area (Å²) in [7, 11) is 1.32. The number of aryl methyl sites for hydroxylation is 1. The Bertz CT molecular complexity index is 663. The Morgan fingerprint density at radius 3 is 2.50 bits per heavy atom. The standard InChI is InChI=1S/C16H16BrNO4/c1-10-13(7-8-22-10)16(20)18-14(9-15(19)21-2)11-3-5-12(17)6-4-11/h3-8,14H,9H2,1-2H3,(H,18,20). The van der Waals surface area contributed by atoms with Crippen LogP contribution in [0.5, 0.6) is 0 Å². The molecule has 5 nitrogen and oxygen atoms in total. The number of amides is 1. The summed E-state index contributed by atoms with van der Waals surface area (Å²) < 4.78 is 10.8. The molecule has 1 amide bonds. The molecule has 0 fully saturated rings. The third-order valence-electron chi connectivity index (χ3n) is 3.28. The molecule has 116 valence electrons. The summed E-state index contributed by atoms with van der Waals surface area (Å²) in [5, 5.41) is 2.85. The van der Waals surface area contributed by atoms with Crippen molar-refractivity contribution in [2.24, 2.45) is 0 Å². The summed E-state index contributed by atoms with van der Waals surface area (Å²) >= 11 is 3.36. The lowest BCUT2D eigenvalue weighted by Gasteiger charge is -2.18. The number of hydrogen-bond donors (Lipinski definition) is 1. The maximum atomic E-state index is 12.3. The minimum absolute atomic E-state index is 0.0563. The summed E-state index contributed by atoms with van der Waals surface area (Å²) in [4.78, 5) is 23.9. The number of nitrogens with one attached hydrogen (secondary N) is 1. The van der Waals surface area contributed by atoms with Gasteiger partial charge in [-0.1, -0.05) is 28.1 Å². The fraction of sp³-hybridized carbons (Fsp3) is 0.250. The van der Waals surface area contributed by atoms with Crippen LogP contribution in [-0.4, -0.2) is 19.0 Å². The van der Waals surface area contributed by atoms with Gasteiger partial charge in [0.1, 0.15) is 5.76 Å². The molecule has 1 heterocycles. The third-order valence-corrected chi connectivity index (χ3v) is 3.81. The van der Waals surface area contributed by atoms with Gasteiger partial charge in [-0.05, 0) is 30.7 Å². The summed E-state index contributed by atoms with van der Waals surface area (Å²) in [6, 6.07) is 8.54. The topological polar surface area (TPSA) is 68.5 Å². The lowest BCUT2D eigenvalue weighted by Crippen LogP contribution is -2.30. The van der Waals surface area contributed by atoms with Crippen molar-refractivity contribution in [3.8, 4) is 0 Å². The number of halogens is 1. The smallest absolute Gasteiger partial charge is 0.307 e. The number of carbonyl (C=O) groups is 2. The first-order valence-electron chi connectivity index (χ1n) is 6.68. The average Bonchev–Trinajstić information content (AvgIpc) is 2.93. The van der Waals surface area contributed by atoms with E-state index in [0.717, 1.165) is 10.0 Å². The molecule has 1 N–H and O–H groups in total. The van der Waals surface area contributed by atoms with Crippen molar-refractivity contribution in [2.75, 3.05) is 7.11 Å². The third kappa shape index (κ3) is 3.98. The number of carbonyl (C=O) groups excluding carboxylic acids is 2. The molecule has 6 heteroatoms. The average molecular weight is 366 g/mol. The first-order chi connectivity index (χ1) is 10.5. The number of furan rings is 1. The molecule has 0 aliphatic carbocycles. The van der Waals surface area contributed by atoms with Crippen LogP contribution in [0.2, 0.25) is 0 Å². The summed E-state index contributed by atoms with van der Waals surface area (Å²) in [5.41, 5.74) is 1.27. The first kappa shape index (κ1) is 16.3. The van der Waals surface area contributed by atoms with E-state index in [1.165, 1.54) is 13.4 Å². The van der Waals surface area contributed by atoms with Crippen LogP contribution >= 0.6 is 15.9 Å².